The number of sulfonamides is 1. The Morgan fingerprint density at radius 2 is 1.92 bits per heavy atom. The van der Waals surface area contributed by atoms with E-state index < -0.39 is 41.0 Å². The number of carbonyl (C=O) groups is 1. The lowest BCUT2D eigenvalue weighted by atomic mass is 10.2. The van der Waals surface area contributed by atoms with E-state index in [0.29, 0.717) is 12.2 Å². The van der Waals surface area contributed by atoms with Crippen molar-refractivity contribution in [3.63, 3.8) is 0 Å². The Kier molecular flexibility index (Phi) is 9.22. The highest BCUT2D eigenvalue weighted by atomic mass is 32.2. The van der Waals surface area contributed by atoms with E-state index >= 15 is 0 Å². The van der Waals surface area contributed by atoms with Crippen LogP contribution in [0.5, 0.6) is 5.75 Å². The number of rotatable bonds is 12. The summed E-state index contributed by atoms with van der Waals surface area (Å²) in [6.45, 7) is 4.27. The first-order valence-corrected chi connectivity index (χ1v) is 9.59. The van der Waals surface area contributed by atoms with Crippen molar-refractivity contribution in [1.82, 2.24) is 4.72 Å². The standard InChI is InChI=1S/C17H23F2NO5S/c1-3-4-10-25-17(21)16(12-13(2)19)20-26(22,23)15-7-5-14(6-8-15)24-11-9-18/h5-8,16,20H,2-4,9-12H2,1H3/t16-/m1/s1. The number of hydrogen-bond acceptors (Lipinski definition) is 5. The number of alkyl halides is 1. The second-order valence-corrected chi connectivity index (χ2v) is 7.14. The second kappa shape index (κ2) is 10.9. The van der Waals surface area contributed by atoms with Crippen molar-refractivity contribution in [2.75, 3.05) is 19.9 Å². The molecule has 6 nitrogen and oxygen atoms in total. The van der Waals surface area contributed by atoms with Crippen LogP contribution in [0, 0.1) is 0 Å². The molecule has 0 radical (unpaired) electrons. The number of carbonyl (C=O) groups excluding carboxylic acids is 1. The normalized spacial score (nSPS) is 12.4. The number of nitrogens with one attached hydrogen (secondary N) is 1. The summed E-state index contributed by atoms with van der Waals surface area (Å²) in [7, 11) is -4.11. The van der Waals surface area contributed by atoms with Gasteiger partial charge in [0, 0.05) is 6.42 Å². The number of benzene rings is 1. The quantitative estimate of drug-likeness (QED) is 0.438. The number of unbranched alkanes of at least 4 members (excludes halogenated alkanes) is 1. The van der Waals surface area contributed by atoms with Crippen LogP contribution in [-0.2, 0) is 19.6 Å². The predicted molar refractivity (Wildman–Crippen MR) is 92.8 cm³/mol. The molecule has 0 saturated carbocycles. The van der Waals surface area contributed by atoms with Crippen LogP contribution in [0.1, 0.15) is 26.2 Å². The minimum absolute atomic E-state index is 0.118. The van der Waals surface area contributed by atoms with Crippen LogP contribution in [-0.4, -0.2) is 40.3 Å². The third-order valence-corrected chi connectivity index (χ3v) is 4.72. The average Bonchev–Trinajstić information content (AvgIpc) is 2.59. The highest BCUT2D eigenvalue weighted by Crippen LogP contribution is 2.17. The Hall–Kier alpha value is -2.00. The summed E-state index contributed by atoms with van der Waals surface area (Å²) >= 11 is 0. The van der Waals surface area contributed by atoms with Crippen LogP contribution < -0.4 is 9.46 Å². The van der Waals surface area contributed by atoms with E-state index in [0.717, 1.165) is 6.42 Å². The summed E-state index contributed by atoms with van der Waals surface area (Å²) in [5, 5.41) is 0. The van der Waals surface area contributed by atoms with Gasteiger partial charge in [0.25, 0.3) is 0 Å². The van der Waals surface area contributed by atoms with Crippen LogP contribution in [0.2, 0.25) is 0 Å². The third kappa shape index (κ3) is 7.49. The summed E-state index contributed by atoms with van der Waals surface area (Å²) in [6.07, 6.45) is 0.875. The number of esters is 1. The zero-order valence-electron chi connectivity index (χ0n) is 14.5. The van der Waals surface area contributed by atoms with E-state index in [1.807, 2.05) is 6.92 Å². The summed E-state index contributed by atoms with van der Waals surface area (Å²) in [5.41, 5.74) is 0. The highest BCUT2D eigenvalue weighted by Gasteiger charge is 2.27. The molecular weight excluding hydrogens is 368 g/mol. The molecule has 0 aliphatic heterocycles. The minimum Gasteiger partial charge on any atom is -0.491 e. The van der Waals surface area contributed by atoms with E-state index in [1.54, 1.807) is 0 Å². The van der Waals surface area contributed by atoms with Crippen molar-refractivity contribution in [2.45, 2.75) is 37.1 Å². The first-order valence-electron chi connectivity index (χ1n) is 8.11. The molecule has 9 heteroatoms. The van der Waals surface area contributed by atoms with Crippen molar-refractivity contribution in [3.05, 3.63) is 36.7 Å². The maximum Gasteiger partial charge on any atom is 0.324 e. The van der Waals surface area contributed by atoms with Crippen LogP contribution in [0.4, 0.5) is 8.78 Å². The molecule has 0 fully saturated rings. The topological polar surface area (TPSA) is 81.7 Å². The van der Waals surface area contributed by atoms with Crippen molar-refractivity contribution in [3.8, 4) is 5.75 Å². The molecule has 1 N–H and O–H groups in total. The molecular formula is C17H23F2NO5S. The van der Waals surface area contributed by atoms with E-state index in [2.05, 4.69) is 11.3 Å². The van der Waals surface area contributed by atoms with Gasteiger partial charge in [-0.15, -0.1) is 0 Å². The van der Waals surface area contributed by atoms with Crippen LogP contribution in [0.25, 0.3) is 0 Å². The fourth-order valence-electron chi connectivity index (χ4n) is 1.94. The van der Waals surface area contributed by atoms with Gasteiger partial charge >= 0.3 is 5.97 Å². The monoisotopic (exact) mass is 391 g/mol. The van der Waals surface area contributed by atoms with Crippen molar-refractivity contribution < 1.29 is 31.5 Å². The molecule has 0 spiro atoms. The molecule has 0 aliphatic rings. The Bertz CT molecular complexity index is 692. The smallest absolute Gasteiger partial charge is 0.324 e. The van der Waals surface area contributed by atoms with E-state index in [4.69, 9.17) is 9.47 Å². The molecule has 146 valence electrons. The molecule has 1 aromatic rings. The molecule has 1 atom stereocenters. The van der Waals surface area contributed by atoms with Gasteiger partial charge in [-0.05, 0) is 30.7 Å². The van der Waals surface area contributed by atoms with Gasteiger partial charge in [0.05, 0.1) is 17.3 Å². The van der Waals surface area contributed by atoms with Gasteiger partial charge in [-0.3, -0.25) is 4.79 Å². The predicted octanol–water partition coefficient (Wildman–Crippen LogP) is 2.90. The van der Waals surface area contributed by atoms with Crippen LogP contribution in [0.3, 0.4) is 0 Å². The maximum absolute atomic E-state index is 13.2. The fraction of sp³-hybridized carbons (Fsp3) is 0.471. The molecule has 0 heterocycles. The number of hydrogen-bond donors (Lipinski definition) is 1. The van der Waals surface area contributed by atoms with Gasteiger partial charge < -0.3 is 9.47 Å². The lowest BCUT2D eigenvalue weighted by molar-refractivity contribution is -0.145. The lowest BCUT2D eigenvalue weighted by Gasteiger charge is -2.17. The van der Waals surface area contributed by atoms with Gasteiger partial charge in [0.15, 0.2) is 0 Å². The largest absolute Gasteiger partial charge is 0.491 e. The van der Waals surface area contributed by atoms with Gasteiger partial charge in [-0.2, -0.15) is 4.72 Å². The van der Waals surface area contributed by atoms with Gasteiger partial charge in [-0.25, -0.2) is 17.2 Å². The van der Waals surface area contributed by atoms with Gasteiger partial charge in [0.2, 0.25) is 10.0 Å². The highest BCUT2D eigenvalue weighted by molar-refractivity contribution is 7.89. The zero-order chi connectivity index (χ0) is 19.6. The maximum atomic E-state index is 13.2. The van der Waals surface area contributed by atoms with Crippen molar-refractivity contribution >= 4 is 16.0 Å². The van der Waals surface area contributed by atoms with Crippen LogP contribution >= 0.6 is 0 Å². The Morgan fingerprint density at radius 1 is 1.27 bits per heavy atom. The number of ether oxygens (including phenoxy) is 2. The molecule has 26 heavy (non-hydrogen) atoms. The third-order valence-electron chi connectivity index (χ3n) is 3.23. The average molecular weight is 391 g/mol. The molecule has 1 aromatic carbocycles. The Morgan fingerprint density at radius 3 is 2.46 bits per heavy atom. The molecule has 0 aromatic heterocycles. The van der Waals surface area contributed by atoms with E-state index in [9.17, 15) is 22.0 Å². The molecule has 1 rings (SSSR count). The molecule has 0 bridgehead atoms. The van der Waals surface area contributed by atoms with Crippen molar-refractivity contribution in [2.24, 2.45) is 0 Å². The number of halogens is 2. The molecule has 0 saturated heterocycles. The van der Waals surface area contributed by atoms with Gasteiger partial charge in [-0.1, -0.05) is 19.9 Å². The zero-order valence-corrected chi connectivity index (χ0v) is 15.4. The van der Waals surface area contributed by atoms with Crippen LogP contribution in [0.15, 0.2) is 41.6 Å². The first-order chi connectivity index (χ1) is 12.3. The minimum atomic E-state index is -4.11. The molecule has 0 amide bonds. The fourth-order valence-corrected chi connectivity index (χ4v) is 3.12. The second-order valence-electron chi connectivity index (χ2n) is 5.43. The van der Waals surface area contributed by atoms with Crippen molar-refractivity contribution in [1.29, 1.82) is 0 Å². The van der Waals surface area contributed by atoms with E-state index in [-0.39, 0.29) is 18.1 Å². The first kappa shape index (κ1) is 22.0. The SMILES string of the molecule is C=C(F)C[C@@H](NS(=O)(=O)c1ccc(OCCF)cc1)C(=O)OCCCC. The Balaban J connectivity index is 2.86. The Labute approximate surface area is 152 Å². The lowest BCUT2D eigenvalue weighted by Crippen LogP contribution is -2.42. The summed E-state index contributed by atoms with van der Waals surface area (Å²) < 4.78 is 62.2. The summed E-state index contributed by atoms with van der Waals surface area (Å²) in [5.74, 6) is -1.42. The molecule has 0 aliphatic carbocycles. The molecule has 0 unspecified atom stereocenters. The van der Waals surface area contributed by atoms with E-state index in [1.165, 1.54) is 24.3 Å². The van der Waals surface area contributed by atoms with Gasteiger partial charge in [0.1, 0.15) is 25.1 Å². The summed E-state index contributed by atoms with van der Waals surface area (Å²) in [4.78, 5) is 11.9. The summed E-state index contributed by atoms with van der Waals surface area (Å²) in [6, 6.07) is 3.76.